The maximum atomic E-state index is 12.8. The number of carboxylic acid groups (broad SMARTS) is 1. The first kappa shape index (κ1) is 27.5. The summed E-state index contributed by atoms with van der Waals surface area (Å²) in [5.74, 6) is 4.96. The van der Waals surface area contributed by atoms with Crippen LogP contribution < -0.4 is 21.6 Å². The average Bonchev–Trinajstić information content (AvgIpc) is 2.86. The zero-order valence-electron chi connectivity index (χ0n) is 19.0. The topological polar surface area (TPSA) is 156 Å². The summed E-state index contributed by atoms with van der Waals surface area (Å²) in [6.07, 6.45) is 5.04. The molecule has 10 nitrogen and oxygen atoms in total. The van der Waals surface area contributed by atoms with Crippen molar-refractivity contribution in [1.82, 2.24) is 15.2 Å². The van der Waals surface area contributed by atoms with Crippen molar-refractivity contribution in [3.05, 3.63) is 63.9 Å². The predicted molar refractivity (Wildman–Crippen MR) is 146 cm³/mol. The van der Waals surface area contributed by atoms with Crippen molar-refractivity contribution in [2.75, 3.05) is 28.8 Å². The van der Waals surface area contributed by atoms with Crippen LogP contribution in [0.2, 0.25) is 10.0 Å². The molecule has 15 heteroatoms. The lowest BCUT2D eigenvalue weighted by molar-refractivity contribution is -0.682. The third-order valence-corrected chi connectivity index (χ3v) is 9.20. The largest absolute Gasteiger partial charge is 0.477 e. The number of aromatic nitrogens is 2. The van der Waals surface area contributed by atoms with Crippen molar-refractivity contribution in [2.24, 2.45) is 0 Å². The summed E-state index contributed by atoms with van der Waals surface area (Å²) in [6.45, 7) is 0. The monoisotopic (exact) mass is 599 g/mol. The summed E-state index contributed by atoms with van der Waals surface area (Å²) in [6, 6.07) is 5.72. The number of nitrogen functional groups attached to an aromatic ring is 2. The van der Waals surface area contributed by atoms with Gasteiger partial charge in [-0.25, -0.2) is 4.79 Å². The highest BCUT2D eigenvalue weighted by Gasteiger charge is 2.53. The molecule has 1 aromatic carbocycles. The number of β-lactam (4-membered cyclic amide) rings is 1. The fourth-order valence-corrected chi connectivity index (χ4v) is 6.91. The van der Waals surface area contributed by atoms with E-state index < -0.39 is 23.3 Å². The van der Waals surface area contributed by atoms with E-state index in [0.717, 1.165) is 0 Å². The van der Waals surface area contributed by atoms with E-state index in [9.17, 15) is 19.5 Å². The summed E-state index contributed by atoms with van der Waals surface area (Å²) < 4.78 is 1.34. The number of nitrogens with zero attached hydrogens (tertiary/aromatic N) is 3. The van der Waals surface area contributed by atoms with Gasteiger partial charge in [0.05, 0.1) is 10.8 Å². The Kier molecular flexibility index (Phi) is 8.80. The van der Waals surface area contributed by atoms with Crippen LogP contribution in [0.15, 0.2) is 63.9 Å². The third-order valence-electron chi connectivity index (χ3n) is 5.25. The van der Waals surface area contributed by atoms with E-state index >= 15 is 0 Å². The Morgan fingerprint density at radius 3 is 2.86 bits per heavy atom. The molecule has 0 radical (unpaired) electrons. The fourth-order valence-electron chi connectivity index (χ4n) is 3.56. The number of aliphatic carboxylic acids is 1. The molecule has 4 rings (SSSR count). The Balaban J connectivity index is 1.37. The highest BCUT2D eigenvalue weighted by molar-refractivity contribution is 8.00. The van der Waals surface area contributed by atoms with E-state index in [2.05, 4.69) is 10.3 Å². The summed E-state index contributed by atoms with van der Waals surface area (Å²) in [7, 11) is 0. The molecular weight excluding hydrogens is 579 g/mol. The van der Waals surface area contributed by atoms with Crippen molar-refractivity contribution < 1.29 is 24.2 Å². The summed E-state index contributed by atoms with van der Waals surface area (Å²) >= 11 is 16.0. The minimum absolute atomic E-state index is 0.0270. The Morgan fingerprint density at radius 1 is 1.32 bits per heavy atom. The van der Waals surface area contributed by atoms with Crippen LogP contribution in [0.25, 0.3) is 0 Å². The number of amides is 2. The second-order valence-electron chi connectivity index (χ2n) is 7.75. The Hall–Kier alpha value is -2.58. The lowest BCUT2D eigenvalue weighted by Gasteiger charge is -2.49. The number of thioether (sulfide) groups is 3. The summed E-state index contributed by atoms with van der Waals surface area (Å²) in [5, 5.41) is 13.5. The van der Waals surface area contributed by atoms with Gasteiger partial charge < -0.3 is 16.2 Å². The summed E-state index contributed by atoms with van der Waals surface area (Å²) in [5.41, 5.74) is 6.10. The van der Waals surface area contributed by atoms with Crippen molar-refractivity contribution in [3.63, 3.8) is 0 Å². The molecule has 0 unspecified atom stereocenters. The van der Waals surface area contributed by atoms with Crippen molar-refractivity contribution in [2.45, 2.75) is 21.5 Å². The quantitative estimate of drug-likeness (QED) is 0.111. The molecule has 2 aliphatic rings. The number of hydrogen-bond donors (Lipinski definition) is 4. The van der Waals surface area contributed by atoms with Gasteiger partial charge in [0.1, 0.15) is 23.3 Å². The molecule has 2 amide bonds. The van der Waals surface area contributed by atoms with Gasteiger partial charge in [0, 0.05) is 27.5 Å². The van der Waals surface area contributed by atoms with Crippen LogP contribution in [-0.2, 0) is 14.4 Å². The number of rotatable bonds is 9. The number of allylic oxidation sites excluding steroid dienone is 1. The first-order valence-electron chi connectivity index (χ1n) is 10.7. The molecule has 2 aliphatic heterocycles. The number of carbonyl (C=O) groups excluding carboxylic acids is 2. The van der Waals surface area contributed by atoms with E-state index in [1.54, 1.807) is 42.6 Å². The van der Waals surface area contributed by atoms with Gasteiger partial charge in [0.25, 0.3) is 5.91 Å². The molecule has 6 N–H and O–H groups in total. The second kappa shape index (κ2) is 11.9. The minimum Gasteiger partial charge on any atom is -0.477 e. The number of halogens is 2. The van der Waals surface area contributed by atoms with Gasteiger partial charge in [-0.2, -0.15) is 0 Å². The molecule has 1 fully saturated rings. The van der Waals surface area contributed by atoms with Gasteiger partial charge in [-0.15, -0.1) is 28.2 Å². The lowest BCUT2D eigenvalue weighted by atomic mass is 10.0. The smallest absolute Gasteiger partial charge is 0.384 e. The standard InChI is InChI=1S/C22H20Cl2N6O4S3/c23-12-3-4-13(24)14(8-12)36-10-16(31)28-17-19(32)30-18(21(33)34)11(9-37-20(17)30)2-1-7-35-22-27-15(25)5-6-29(22)26/h1-6,8,17,20,25H,7,9-10,26H2,(H2,28,31,33,34)/p+1/t17-,20-/m1/s1. The van der Waals surface area contributed by atoms with Gasteiger partial charge >= 0.3 is 11.1 Å². The molecule has 37 heavy (non-hydrogen) atoms. The minimum atomic E-state index is -1.21. The van der Waals surface area contributed by atoms with Crippen molar-refractivity contribution in [3.8, 4) is 0 Å². The number of anilines is 1. The van der Waals surface area contributed by atoms with Crippen molar-refractivity contribution in [1.29, 1.82) is 0 Å². The Morgan fingerprint density at radius 2 is 2.11 bits per heavy atom. The SMILES string of the molecule is Nc1cc[n+](N)c(SCC=CC2=C(C(=O)O)N3C(=O)[C@@H](NC(=O)CSc4cc(Cl)ccc4Cl)[C@H]3SC2)n1. The van der Waals surface area contributed by atoms with Crippen LogP contribution in [0, 0.1) is 0 Å². The Labute approximate surface area is 234 Å². The van der Waals surface area contributed by atoms with Gasteiger partial charge in [0.15, 0.2) is 0 Å². The second-order valence-corrected chi connectivity index (χ2v) is 11.7. The summed E-state index contributed by atoms with van der Waals surface area (Å²) in [4.78, 5) is 43.4. The molecule has 3 heterocycles. The van der Waals surface area contributed by atoms with Crippen LogP contribution in [0.1, 0.15) is 0 Å². The molecule has 0 bridgehead atoms. The number of benzene rings is 1. The highest BCUT2D eigenvalue weighted by Crippen LogP contribution is 2.41. The highest BCUT2D eigenvalue weighted by atomic mass is 35.5. The maximum absolute atomic E-state index is 12.8. The number of nitrogens with two attached hydrogens (primary N) is 2. The zero-order valence-corrected chi connectivity index (χ0v) is 22.9. The first-order valence-corrected chi connectivity index (χ1v) is 14.4. The molecule has 2 atom stereocenters. The number of carbonyl (C=O) groups is 3. The Bertz CT molecular complexity index is 1330. The third kappa shape index (κ3) is 6.29. The zero-order chi connectivity index (χ0) is 26.7. The van der Waals surface area contributed by atoms with Crippen LogP contribution in [-0.4, -0.2) is 61.4 Å². The van der Waals surface area contributed by atoms with Gasteiger partial charge in [-0.05, 0) is 40.5 Å². The molecule has 1 saturated heterocycles. The molecule has 2 aromatic rings. The van der Waals surface area contributed by atoms with Crippen LogP contribution in [0.3, 0.4) is 0 Å². The first-order chi connectivity index (χ1) is 17.7. The van der Waals surface area contributed by atoms with Crippen LogP contribution >= 0.6 is 58.5 Å². The number of hydrogen-bond acceptors (Lipinski definition) is 9. The van der Waals surface area contributed by atoms with E-state index in [-0.39, 0.29) is 17.4 Å². The normalized spacial score (nSPS) is 19.1. The predicted octanol–water partition coefficient (Wildman–Crippen LogP) is 2.15. The van der Waals surface area contributed by atoms with Crippen LogP contribution in [0.5, 0.6) is 0 Å². The van der Waals surface area contributed by atoms with E-state index in [0.29, 0.717) is 43.0 Å². The van der Waals surface area contributed by atoms with Crippen molar-refractivity contribution >= 4 is 82.1 Å². The van der Waals surface area contributed by atoms with Gasteiger partial charge in [0.2, 0.25) is 11.7 Å². The molecule has 1 aromatic heterocycles. The number of fused-ring (bicyclic) bond motifs is 1. The number of carboxylic acids is 1. The maximum Gasteiger partial charge on any atom is 0.384 e. The number of nitrogens with one attached hydrogen (secondary N) is 1. The van der Waals surface area contributed by atoms with E-state index in [1.807, 2.05) is 0 Å². The van der Waals surface area contributed by atoms with E-state index in [1.165, 1.54) is 44.9 Å². The van der Waals surface area contributed by atoms with Crippen LogP contribution in [0.4, 0.5) is 5.82 Å². The van der Waals surface area contributed by atoms with Gasteiger partial charge in [-0.1, -0.05) is 35.4 Å². The lowest BCUT2D eigenvalue weighted by Crippen LogP contribution is -2.70. The molecule has 194 valence electrons. The molecular formula is C22H21Cl2N6O4S3+. The molecule has 0 saturated carbocycles. The fraction of sp³-hybridized carbons (Fsp3) is 0.227. The van der Waals surface area contributed by atoms with Gasteiger partial charge in [-0.3, -0.25) is 20.3 Å². The van der Waals surface area contributed by atoms with E-state index in [4.69, 9.17) is 34.8 Å². The average molecular weight is 601 g/mol. The molecule has 0 aliphatic carbocycles. The molecule has 0 spiro atoms.